The van der Waals surface area contributed by atoms with Crippen molar-refractivity contribution >= 4 is 17.5 Å². The lowest BCUT2D eigenvalue weighted by Gasteiger charge is -2.45. The summed E-state index contributed by atoms with van der Waals surface area (Å²) in [4.78, 5) is 27.7. The van der Waals surface area contributed by atoms with Crippen molar-refractivity contribution in [3.8, 4) is 0 Å². The minimum absolute atomic E-state index is 0.00784. The van der Waals surface area contributed by atoms with E-state index in [1.807, 2.05) is 79.4 Å². The summed E-state index contributed by atoms with van der Waals surface area (Å²) in [6.45, 7) is 4.62. The highest BCUT2D eigenvalue weighted by Gasteiger charge is 2.45. The molecule has 3 rings (SSSR count). The number of hydrogen-bond donors (Lipinski definition) is 1. The number of likely N-dealkylation sites (tertiary alicyclic amines) is 1. The lowest BCUT2D eigenvalue weighted by atomic mass is 9.74. The average Bonchev–Trinajstić information content (AvgIpc) is 2.65. The predicted octanol–water partition coefficient (Wildman–Crippen LogP) is 3.96. The highest BCUT2D eigenvalue weighted by atomic mass is 16.2. The standard InChI is InChI=1S/C21H24N2O2/c1-16-21(2,20(25)22-18-12-7-4-8-13-18)14-9-15-23(16)19(24)17-10-5-3-6-11-17/h3-8,10-13,16H,9,14-15H2,1-2H3,(H,22,25)/t16-,21-/m0/s1. The van der Waals surface area contributed by atoms with Crippen molar-refractivity contribution in [1.82, 2.24) is 4.90 Å². The fourth-order valence-corrected chi connectivity index (χ4v) is 3.49. The van der Waals surface area contributed by atoms with Crippen LogP contribution in [0, 0.1) is 5.41 Å². The molecule has 0 spiro atoms. The van der Waals surface area contributed by atoms with Crippen molar-refractivity contribution in [2.45, 2.75) is 32.7 Å². The second-order valence-corrected chi connectivity index (χ2v) is 6.88. The van der Waals surface area contributed by atoms with Crippen molar-refractivity contribution < 1.29 is 9.59 Å². The van der Waals surface area contributed by atoms with E-state index in [-0.39, 0.29) is 17.9 Å². The average molecular weight is 336 g/mol. The first-order chi connectivity index (χ1) is 12.0. The molecule has 2 aromatic rings. The second-order valence-electron chi connectivity index (χ2n) is 6.88. The Bertz CT molecular complexity index is 745. The van der Waals surface area contributed by atoms with Gasteiger partial charge in [-0.25, -0.2) is 0 Å². The summed E-state index contributed by atoms with van der Waals surface area (Å²) in [6.07, 6.45) is 1.59. The fourth-order valence-electron chi connectivity index (χ4n) is 3.49. The van der Waals surface area contributed by atoms with E-state index in [9.17, 15) is 9.59 Å². The number of para-hydroxylation sites is 1. The summed E-state index contributed by atoms with van der Waals surface area (Å²) in [5, 5.41) is 3.00. The molecular formula is C21H24N2O2. The number of hydrogen-bond acceptors (Lipinski definition) is 2. The fraction of sp³-hybridized carbons (Fsp3) is 0.333. The van der Waals surface area contributed by atoms with Crippen LogP contribution in [0.1, 0.15) is 37.0 Å². The zero-order chi connectivity index (χ0) is 17.9. The number of carbonyl (C=O) groups excluding carboxylic acids is 2. The number of rotatable bonds is 3. The molecule has 1 heterocycles. The molecule has 4 nitrogen and oxygen atoms in total. The number of carbonyl (C=O) groups is 2. The van der Waals surface area contributed by atoms with Gasteiger partial charge in [-0.15, -0.1) is 0 Å². The van der Waals surface area contributed by atoms with E-state index in [0.29, 0.717) is 12.1 Å². The highest BCUT2D eigenvalue weighted by Crippen LogP contribution is 2.37. The molecule has 1 N–H and O–H groups in total. The van der Waals surface area contributed by atoms with Gasteiger partial charge in [0.15, 0.2) is 0 Å². The number of nitrogens with zero attached hydrogens (tertiary/aromatic N) is 1. The van der Waals surface area contributed by atoms with Crippen LogP contribution in [0.15, 0.2) is 60.7 Å². The van der Waals surface area contributed by atoms with Crippen molar-refractivity contribution in [3.05, 3.63) is 66.2 Å². The zero-order valence-corrected chi connectivity index (χ0v) is 14.7. The lowest BCUT2D eigenvalue weighted by molar-refractivity contribution is -0.130. The van der Waals surface area contributed by atoms with Crippen LogP contribution >= 0.6 is 0 Å². The van der Waals surface area contributed by atoms with Crippen LogP contribution in [-0.4, -0.2) is 29.3 Å². The van der Waals surface area contributed by atoms with Crippen LogP contribution in [-0.2, 0) is 4.79 Å². The van der Waals surface area contributed by atoms with Gasteiger partial charge in [-0.2, -0.15) is 0 Å². The first-order valence-corrected chi connectivity index (χ1v) is 8.75. The largest absolute Gasteiger partial charge is 0.335 e. The SMILES string of the molecule is C[C@@H]1N(C(=O)c2ccccc2)CCC[C@]1(C)C(=O)Nc1ccccc1. The molecule has 1 fully saturated rings. The Labute approximate surface area is 148 Å². The van der Waals surface area contributed by atoms with Crippen LogP contribution < -0.4 is 5.32 Å². The normalized spacial score (nSPS) is 23.1. The predicted molar refractivity (Wildman–Crippen MR) is 99.4 cm³/mol. The Morgan fingerprint density at radius 1 is 1.04 bits per heavy atom. The summed E-state index contributed by atoms with van der Waals surface area (Å²) >= 11 is 0. The van der Waals surface area contributed by atoms with Crippen LogP contribution in [0.5, 0.6) is 0 Å². The maximum absolute atomic E-state index is 13.0. The molecule has 0 aromatic heterocycles. The summed E-state index contributed by atoms with van der Waals surface area (Å²) < 4.78 is 0. The Balaban J connectivity index is 1.79. The van der Waals surface area contributed by atoms with Gasteiger partial charge in [0.1, 0.15) is 0 Å². The molecule has 0 saturated carbocycles. The Hall–Kier alpha value is -2.62. The van der Waals surface area contributed by atoms with Gasteiger partial charge < -0.3 is 10.2 Å². The minimum Gasteiger partial charge on any atom is -0.335 e. The molecule has 0 radical (unpaired) electrons. The molecule has 0 unspecified atom stereocenters. The molecule has 4 heteroatoms. The zero-order valence-electron chi connectivity index (χ0n) is 14.7. The van der Waals surface area contributed by atoms with Crippen molar-refractivity contribution in [2.24, 2.45) is 5.41 Å². The van der Waals surface area contributed by atoms with E-state index in [1.54, 1.807) is 0 Å². The van der Waals surface area contributed by atoms with E-state index in [4.69, 9.17) is 0 Å². The number of piperidine rings is 1. The van der Waals surface area contributed by atoms with E-state index in [2.05, 4.69) is 5.32 Å². The smallest absolute Gasteiger partial charge is 0.254 e. The van der Waals surface area contributed by atoms with E-state index < -0.39 is 5.41 Å². The molecule has 0 bridgehead atoms. The van der Waals surface area contributed by atoms with Crippen LogP contribution in [0.2, 0.25) is 0 Å². The number of nitrogens with one attached hydrogen (secondary N) is 1. The van der Waals surface area contributed by atoms with Gasteiger partial charge >= 0.3 is 0 Å². The van der Waals surface area contributed by atoms with Gasteiger partial charge in [-0.3, -0.25) is 9.59 Å². The lowest BCUT2D eigenvalue weighted by Crippen LogP contribution is -2.56. The van der Waals surface area contributed by atoms with Gasteiger partial charge in [0.2, 0.25) is 5.91 Å². The summed E-state index contributed by atoms with van der Waals surface area (Å²) in [6, 6.07) is 18.6. The van der Waals surface area contributed by atoms with Crippen LogP contribution in [0.3, 0.4) is 0 Å². The second kappa shape index (κ2) is 7.09. The van der Waals surface area contributed by atoms with Crippen LogP contribution in [0.4, 0.5) is 5.69 Å². The number of anilines is 1. The van der Waals surface area contributed by atoms with Gasteiger partial charge in [0.25, 0.3) is 5.91 Å². The quantitative estimate of drug-likeness (QED) is 0.922. The van der Waals surface area contributed by atoms with Crippen LogP contribution in [0.25, 0.3) is 0 Å². The molecule has 1 saturated heterocycles. The third-order valence-electron chi connectivity index (χ3n) is 5.32. The summed E-state index contributed by atoms with van der Waals surface area (Å²) in [5.74, 6) is -0.0386. The van der Waals surface area contributed by atoms with Crippen molar-refractivity contribution in [3.63, 3.8) is 0 Å². The van der Waals surface area contributed by atoms with Crippen molar-refractivity contribution in [2.75, 3.05) is 11.9 Å². The molecule has 1 aliphatic heterocycles. The highest BCUT2D eigenvalue weighted by molar-refractivity contribution is 5.98. The topological polar surface area (TPSA) is 49.4 Å². The third kappa shape index (κ3) is 3.43. The molecule has 2 atom stereocenters. The maximum atomic E-state index is 13.0. The Morgan fingerprint density at radius 2 is 1.64 bits per heavy atom. The summed E-state index contributed by atoms with van der Waals surface area (Å²) in [5.41, 5.74) is 0.841. The number of amides is 2. The summed E-state index contributed by atoms with van der Waals surface area (Å²) in [7, 11) is 0. The Kier molecular flexibility index (Phi) is 4.88. The molecule has 2 aromatic carbocycles. The van der Waals surface area contributed by atoms with Gasteiger partial charge in [0, 0.05) is 23.8 Å². The monoisotopic (exact) mass is 336 g/mol. The first-order valence-electron chi connectivity index (χ1n) is 8.75. The van der Waals surface area contributed by atoms with Crippen molar-refractivity contribution in [1.29, 1.82) is 0 Å². The molecule has 2 amide bonds. The number of benzene rings is 2. The first kappa shape index (κ1) is 17.2. The van der Waals surface area contributed by atoms with Gasteiger partial charge in [0.05, 0.1) is 5.41 Å². The maximum Gasteiger partial charge on any atom is 0.254 e. The van der Waals surface area contributed by atoms with E-state index in [0.717, 1.165) is 18.5 Å². The molecule has 1 aliphatic rings. The van der Waals surface area contributed by atoms with Gasteiger partial charge in [-0.05, 0) is 51.0 Å². The minimum atomic E-state index is -0.613. The third-order valence-corrected chi connectivity index (χ3v) is 5.32. The van der Waals surface area contributed by atoms with Gasteiger partial charge in [-0.1, -0.05) is 36.4 Å². The van der Waals surface area contributed by atoms with E-state index >= 15 is 0 Å². The molecule has 130 valence electrons. The Morgan fingerprint density at radius 3 is 2.28 bits per heavy atom. The molecule has 0 aliphatic carbocycles. The molecular weight excluding hydrogens is 312 g/mol. The molecule has 25 heavy (non-hydrogen) atoms. The van der Waals surface area contributed by atoms with E-state index in [1.165, 1.54) is 0 Å².